The third-order valence-electron chi connectivity index (χ3n) is 3.46. The van der Waals surface area contributed by atoms with Crippen molar-refractivity contribution in [1.29, 1.82) is 5.26 Å². The highest BCUT2D eigenvalue weighted by Gasteiger charge is 2.06. The molecule has 0 bridgehead atoms. The molecule has 3 rings (SSSR count). The summed E-state index contributed by atoms with van der Waals surface area (Å²) in [6.45, 7) is 0. The van der Waals surface area contributed by atoms with Crippen LogP contribution in [-0.2, 0) is 0 Å². The summed E-state index contributed by atoms with van der Waals surface area (Å²) in [5, 5.41) is 14.9. The van der Waals surface area contributed by atoms with Gasteiger partial charge in [0.15, 0.2) is 0 Å². The number of carbonyl (C=O) groups is 1. The Kier molecular flexibility index (Phi) is 4.58. The zero-order valence-corrected chi connectivity index (χ0v) is 13.2. The molecule has 0 unspecified atom stereocenters. The Morgan fingerprint density at radius 2 is 1.72 bits per heavy atom. The van der Waals surface area contributed by atoms with E-state index >= 15 is 0 Å². The predicted octanol–water partition coefficient (Wildman–Crippen LogP) is 3.53. The number of carbonyl (C=O) groups excluding carboxylic acids is 1. The first-order valence-corrected chi connectivity index (χ1v) is 7.54. The molecule has 122 valence electrons. The van der Waals surface area contributed by atoms with Crippen molar-refractivity contribution in [2.45, 2.75) is 0 Å². The number of rotatable bonds is 4. The van der Waals surface area contributed by atoms with Gasteiger partial charge in [-0.25, -0.2) is 4.98 Å². The zero-order valence-electron chi connectivity index (χ0n) is 13.2. The molecule has 0 aliphatic carbocycles. The van der Waals surface area contributed by atoms with Crippen molar-refractivity contribution in [3.05, 3.63) is 78.1 Å². The zero-order chi connectivity index (χ0) is 17.6. The van der Waals surface area contributed by atoms with Gasteiger partial charge in [0.05, 0.1) is 0 Å². The number of nitrogens with two attached hydrogens (primary N) is 1. The normalized spacial score (nSPS) is 9.88. The Morgan fingerprint density at radius 3 is 2.48 bits per heavy atom. The molecule has 3 aromatic rings. The second-order valence-electron chi connectivity index (χ2n) is 5.32. The number of anilines is 4. The van der Waals surface area contributed by atoms with Crippen molar-refractivity contribution < 1.29 is 4.79 Å². The molecule has 2 aromatic carbocycles. The maximum absolute atomic E-state index is 12.3. The second kappa shape index (κ2) is 7.15. The number of benzene rings is 2. The molecular formula is C19H15N5O. The van der Waals surface area contributed by atoms with Crippen LogP contribution < -0.4 is 16.4 Å². The molecule has 0 saturated carbocycles. The van der Waals surface area contributed by atoms with Gasteiger partial charge in [-0.1, -0.05) is 6.07 Å². The summed E-state index contributed by atoms with van der Waals surface area (Å²) >= 11 is 0. The van der Waals surface area contributed by atoms with Crippen molar-refractivity contribution in [3.8, 4) is 6.07 Å². The van der Waals surface area contributed by atoms with Crippen LogP contribution in [0, 0.1) is 11.3 Å². The van der Waals surface area contributed by atoms with Gasteiger partial charge in [0.1, 0.15) is 11.8 Å². The summed E-state index contributed by atoms with van der Waals surface area (Å²) in [6, 6.07) is 19.4. The van der Waals surface area contributed by atoms with E-state index in [1.807, 2.05) is 24.3 Å². The van der Waals surface area contributed by atoms with Crippen LogP contribution in [0.5, 0.6) is 0 Å². The van der Waals surface area contributed by atoms with Gasteiger partial charge < -0.3 is 16.4 Å². The number of amides is 1. The van der Waals surface area contributed by atoms with Crippen molar-refractivity contribution in [2.75, 3.05) is 16.4 Å². The minimum Gasteiger partial charge on any atom is -0.399 e. The minimum atomic E-state index is -0.215. The Morgan fingerprint density at radius 1 is 1.00 bits per heavy atom. The fourth-order valence-corrected chi connectivity index (χ4v) is 2.25. The number of pyridine rings is 1. The average Bonchev–Trinajstić information content (AvgIpc) is 2.62. The van der Waals surface area contributed by atoms with Crippen molar-refractivity contribution >= 4 is 28.7 Å². The van der Waals surface area contributed by atoms with Crippen molar-refractivity contribution in [2.24, 2.45) is 0 Å². The van der Waals surface area contributed by atoms with Crippen LogP contribution in [0.2, 0.25) is 0 Å². The van der Waals surface area contributed by atoms with Crippen LogP contribution >= 0.6 is 0 Å². The van der Waals surface area contributed by atoms with Crippen LogP contribution in [0.3, 0.4) is 0 Å². The highest BCUT2D eigenvalue weighted by Crippen LogP contribution is 2.21. The third kappa shape index (κ3) is 4.12. The SMILES string of the molecule is N#Cc1cc(Nc2cccc(NC(=O)c3ccc(N)cc3)c2)ccn1. The van der Waals surface area contributed by atoms with Crippen LogP contribution in [0.15, 0.2) is 66.9 Å². The molecule has 6 nitrogen and oxygen atoms in total. The van der Waals surface area contributed by atoms with Crippen LogP contribution in [0.25, 0.3) is 0 Å². The lowest BCUT2D eigenvalue weighted by molar-refractivity contribution is 0.102. The molecule has 0 saturated heterocycles. The number of aromatic nitrogens is 1. The van der Waals surface area contributed by atoms with E-state index in [2.05, 4.69) is 15.6 Å². The molecule has 25 heavy (non-hydrogen) atoms. The summed E-state index contributed by atoms with van der Waals surface area (Å²) < 4.78 is 0. The molecule has 0 aliphatic rings. The van der Waals surface area contributed by atoms with E-state index in [-0.39, 0.29) is 5.91 Å². The molecule has 6 heteroatoms. The maximum atomic E-state index is 12.3. The lowest BCUT2D eigenvalue weighted by Crippen LogP contribution is -2.11. The Labute approximate surface area is 144 Å². The van der Waals surface area contributed by atoms with Gasteiger partial charge in [-0.3, -0.25) is 4.79 Å². The van der Waals surface area contributed by atoms with E-state index in [0.717, 1.165) is 11.4 Å². The van der Waals surface area contributed by atoms with Crippen LogP contribution in [-0.4, -0.2) is 10.9 Å². The highest BCUT2D eigenvalue weighted by atomic mass is 16.1. The van der Waals surface area contributed by atoms with E-state index < -0.39 is 0 Å². The van der Waals surface area contributed by atoms with E-state index in [9.17, 15) is 4.79 Å². The molecule has 1 amide bonds. The van der Waals surface area contributed by atoms with Crippen molar-refractivity contribution in [1.82, 2.24) is 4.98 Å². The quantitative estimate of drug-likeness (QED) is 0.635. The summed E-state index contributed by atoms with van der Waals surface area (Å²) in [6.07, 6.45) is 1.56. The molecule has 0 spiro atoms. The third-order valence-corrected chi connectivity index (χ3v) is 3.46. The van der Waals surface area contributed by atoms with E-state index in [4.69, 9.17) is 11.0 Å². The van der Waals surface area contributed by atoms with Crippen LogP contribution in [0.4, 0.5) is 22.7 Å². The molecule has 1 aromatic heterocycles. The van der Waals surface area contributed by atoms with Gasteiger partial charge in [-0.15, -0.1) is 0 Å². The first-order valence-electron chi connectivity index (χ1n) is 7.54. The van der Waals surface area contributed by atoms with Gasteiger partial charge in [0, 0.05) is 34.5 Å². The number of nitrogens with zero attached hydrogens (tertiary/aromatic N) is 2. The Bertz CT molecular complexity index is 945. The van der Waals surface area contributed by atoms with Gasteiger partial charge in [-0.2, -0.15) is 5.26 Å². The Balaban J connectivity index is 1.74. The monoisotopic (exact) mass is 329 g/mol. The lowest BCUT2D eigenvalue weighted by Gasteiger charge is -2.10. The van der Waals surface area contributed by atoms with Gasteiger partial charge in [-0.05, 0) is 54.6 Å². The van der Waals surface area contributed by atoms with Gasteiger partial charge in [0.2, 0.25) is 0 Å². The number of nitrogen functional groups attached to an aromatic ring is 1. The summed E-state index contributed by atoms with van der Waals surface area (Å²) in [5.41, 5.74) is 9.28. The number of hydrogen-bond acceptors (Lipinski definition) is 5. The fourth-order valence-electron chi connectivity index (χ4n) is 2.25. The van der Waals surface area contributed by atoms with Crippen LogP contribution in [0.1, 0.15) is 16.1 Å². The van der Waals surface area contributed by atoms with Gasteiger partial charge in [0.25, 0.3) is 5.91 Å². The lowest BCUT2D eigenvalue weighted by atomic mass is 10.2. The van der Waals surface area contributed by atoms with Crippen molar-refractivity contribution in [3.63, 3.8) is 0 Å². The molecule has 0 radical (unpaired) electrons. The molecule has 4 N–H and O–H groups in total. The molecular weight excluding hydrogens is 314 g/mol. The van der Waals surface area contributed by atoms with E-state index in [0.29, 0.717) is 22.6 Å². The van der Waals surface area contributed by atoms with Gasteiger partial charge >= 0.3 is 0 Å². The predicted molar refractivity (Wildman–Crippen MR) is 97.5 cm³/mol. The largest absolute Gasteiger partial charge is 0.399 e. The molecule has 1 heterocycles. The molecule has 0 atom stereocenters. The van der Waals surface area contributed by atoms with E-state index in [1.165, 1.54) is 0 Å². The first kappa shape index (κ1) is 16.0. The number of nitriles is 1. The standard InChI is InChI=1S/C19H15N5O/c20-12-18-11-17(8-9-22-18)23-15-2-1-3-16(10-15)24-19(25)13-4-6-14(21)7-5-13/h1-11H,21H2,(H,22,23)(H,24,25). The molecule has 0 fully saturated rings. The minimum absolute atomic E-state index is 0.215. The Hall–Kier alpha value is -3.85. The second-order valence-corrected chi connectivity index (χ2v) is 5.32. The number of hydrogen-bond donors (Lipinski definition) is 3. The maximum Gasteiger partial charge on any atom is 0.255 e. The first-order chi connectivity index (χ1) is 12.1. The highest BCUT2D eigenvalue weighted by molar-refractivity contribution is 6.04. The number of nitrogens with one attached hydrogen (secondary N) is 2. The van der Waals surface area contributed by atoms with E-state index in [1.54, 1.807) is 48.7 Å². The summed E-state index contributed by atoms with van der Waals surface area (Å²) in [4.78, 5) is 16.2. The summed E-state index contributed by atoms with van der Waals surface area (Å²) in [7, 11) is 0. The fraction of sp³-hybridized carbons (Fsp3) is 0. The average molecular weight is 329 g/mol. The smallest absolute Gasteiger partial charge is 0.255 e. The molecule has 0 aliphatic heterocycles. The summed E-state index contributed by atoms with van der Waals surface area (Å²) in [5.74, 6) is -0.215. The topological polar surface area (TPSA) is 104 Å².